The van der Waals surface area contributed by atoms with E-state index in [9.17, 15) is 4.79 Å². The Morgan fingerprint density at radius 1 is 1.53 bits per heavy atom. The van der Waals surface area contributed by atoms with Gasteiger partial charge in [0.25, 0.3) is 0 Å². The smallest absolute Gasteiger partial charge is 0.238 e. The van der Waals surface area contributed by atoms with Crippen LogP contribution in [0.15, 0.2) is 0 Å². The molecule has 3 nitrogen and oxygen atoms in total. The molecule has 1 amide bonds. The topological polar surface area (TPSA) is 52.9 Å². The van der Waals surface area contributed by atoms with E-state index in [4.69, 9.17) is 5.26 Å². The number of rotatable bonds is 4. The first kappa shape index (κ1) is 12.0. The SMILES string of the molecule is CCC1(NC(=O)C(C#N)C(C)C)CCC1. The molecule has 0 heterocycles. The third kappa shape index (κ3) is 2.50. The predicted octanol–water partition coefficient (Wildman–Crippen LogP) is 2.23. The molecule has 1 rings (SSSR count). The Hall–Kier alpha value is -1.04. The van der Waals surface area contributed by atoms with Gasteiger partial charge < -0.3 is 5.32 Å². The second kappa shape index (κ2) is 4.65. The van der Waals surface area contributed by atoms with E-state index in [2.05, 4.69) is 18.3 Å². The molecule has 0 saturated heterocycles. The second-order valence-electron chi connectivity index (χ2n) is 4.83. The zero-order chi connectivity index (χ0) is 11.5. The molecule has 0 aromatic heterocycles. The molecular formula is C12H20N2O. The zero-order valence-electron chi connectivity index (χ0n) is 9.84. The highest BCUT2D eigenvalue weighted by molar-refractivity contribution is 5.82. The molecule has 1 aliphatic carbocycles. The minimum Gasteiger partial charge on any atom is -0.350 e. The highest BCUT2D eigenvalue weighted by atomic mass is 16.2. The van der Waals surface area contributed by atoms with Crippen LogP contribution in [0.3, 0.4) is 0 Å². The van der Waals surface area contributed by atoms with Crippen molar-refractivity contribution in [3.8, 4) is 6.07 Å². The van der Waals surface area contributed by atoms with Crippen LogP contribution in [0.4, 0.5) is 0 Å². The van der Waals surface area contributed by atoms with Crippen LogP contribution < -0.4 is 5.32 Å². The van der Waals surface area contributed by atoms with Crippen molar-refractivity contribution in [2.45, 2.75) is 52.0 Å². The monoisotopic (exact) mass is 208 g/mol. The Labute approximate surface area is 91.9 Å². The van der Waals surface area contributed by atoms with Gasteiger partial charge in [0, 0.05) is 5.54 Å². The molecule has 84 valence electrons. The van der Waals surface area contributed by atoms with Gasteiger partial charge in [0.15, 0.2) is 0 Å². The number of hydrogen-bond acceptors (Lipinski definition) is 2. The molecule has 0 aliphatic heterocycles. The maximum atomic E-state index is 11.8. The van der Waals surface area contributed by atoms with Crippen molar-refractivity contribution in [2.24, 2.45) is 11.8 Å². The van der Waals surface area contributed by atoms with E-state index in [1.54, 1.807) is 0 Å². The minimum absolute atomic E-state index is 0.00106. The lowest BCUT2D eigenvalue weighted by atomic mass is 9.74. The van der Waals surface area contributed by atoms with Gasteiger partial charge >= 0.3 is 0 Å². The van der Waals surface area contributed by atoms with Crippen molar-refractivity contribution in [3.63, 3.8) is 0 Å². The van der Waals surface area contributed by atoms with Crippen molar-refractivity contribution in [1.82, 2.24) is 5.32 Å². The van der Waals surface area contributed by atoms with Crippen LogP contribution >= 0.6 is 0 Å². The largest absolute Gasteiger partial charge is 0.350 e. The van der Waals surface area contributed by atoms with Crippen LogP contribution in [0.1, 0.15) is 46.5 Å². The van der Waals surface area contributed by atoms with Crippen molar-refractivity contribution in [1.29, 1.82) is 5.26 Å². The Kier molecular flexibility index (Phi) is 3.73. The first-order valence-corrected chi connectivity index (χ1v) is 5.76. The van der Waals surface area contributed by atoms with Gasteiger partial charge in [-0.25, -0.2) is 0 Å². The summed E-state index contributed by atoms with van der Waals surface area (Å²) in [6.45, 7) is 5.91. The summed E-state index contributed by atoms with van der Waals surface area (Å²) >= 11 is 0. The third-order valence-corrected chi connectivity index (χ3v) is 3.46. The van der Waals surface area contributed by atoms with Crippen molar-refractivity contribution in [2.75, 3.05) is 0 Å². The van der Waals surface area contributed by atoms with Gasteiger partial charge in [-0.15, -0.1) is 0 Å². The standard InChI is InChI=1S/C12H20N2O/c1-4-12(6-5-7-12)14-11(15)10(8-13)9(2)3/h9-10H,4-7H2,1-3H3,(H,14,15). The van der Waals surface area contributed by atoms with Gasteiger partial charge in [-0.05, 0) is 31.6 Å². The Morgan fingerprint density at radius 3 is 2.40 bits per heavy atom. The number of amides is 1. The van der Waals surface area contributed by atoms with E-state index in [1.807, 2.05) is 13.8 Å². The molecule has 0 bridgehead atoms. The molecule has 1 fully saturated rings. The van der Waals surface area contributed by atoms with Crippen LogP contribution in [-0.2, 0) is 4.79 Å². The molecular weight excluding hydrogens is 188 g/mol. The molecule has 1 saturated carbocycles. The summed E-state index contributed by atoms with van der Waals surface area (Å²) in [6.07, 6.45) is 4.28. The van der Waals surface area contributed by atoms with E-state index in [1.165, 1.54) is 6.42 Å². The van der Waals surface area contributed by atoms with E-state index in [0.29, 0.717) is 0 Å². The molecule has 0 radical (unpaired) electrons. The number of carbonyl (C=O) groups excluding carboxylic acids is 1. The number of nitriles is 1. The fraction of sp³-hybridized carbons (Fsp3) is 0.833. The Morgan fingerprint density at radius 2 is 2.13 bits per heavy atom. The van der Waals surface area contributed by atoms with Crippen molar-refractivity contribution >= 4 is 5.91 Å². The van der Waals surface area contributed by atoms with E-state index < -0.39 is 5.92 Å². The Bertz CT molecular complexity index is 268. The van der Waals surface area contributed by atoms with E-state index in [0.717, 1.165) is 19.3 Å². The summed E-state index contributed by atoms with van der Waals surface area (Å²) in [5.74, 6) is -0.507. The highest BCUT2D eigenvalue weighted by Crippen LogP contribution is 2.35. The molecule has 1 aliphatic rings. The molecule has 3 heteroatoms. The average Bonchev–Trinajstić information content (AvgIpc) is 2.11. The maximum Gasteiger partial charge on any atom is 0.238 e. The molecule has 0 aromatic rings. The summed E-state index contributed by atoms with van der Waals surface area (Å²) in [6, 6.07) is 2.08. The fourth-order valence-electron chi connectivity index (χ4n) is 2.02. The van der Waals surface area contributed by atoms with E-state index >= 15 is 0 Å². The van der Waals surface area contributed by atoms with Gasteiger partial charge in [-0.3, -0.25) is 4.79 Å². The zero-order valence-corrected chi connectivity index (χ0v) is 9.84. The lowest BCUT2D eigenvalue weighted by Crippen LogP contribution is -2.54. The molecule has 0 aromatic carbocycles. The quantitative estimate of drug-likeness (QED) is 0.770. The molecule has 15 heavy (non-hydrogen) atoms. The summed E-state index contributed by atoms with van der Waals surface area (Å²) in [5, 5.41) is 12.0. The highest BCUT2D eigenvalue weighted by Gasteiger charge is 2.38. The van der Waals surface area contributed by atoms with Crippen LogP contribution in [0.5, 0.6) is 0 Å². The summed E-state index contributed by atoms with van der Waals surface area (Å²) < 4.78 is 0. The minimum atomic E-state index is -0.506. The normalized spacial score (nSPS) is 20.2. The van der Waals surface area contributed by atoms with Crippen LogP contribution in [0, 0.1) is 23.2 Å². The van der Waals surface area contributed by atoms with Crippen LogP contribution in [-0.4, -0.2) is 11.4 Å². The number of carbonyl (C=O) groups is 1. The maximum absolute atomic E-state index is 11.8. The van der Waals surface area contributed by atoms with Gasteiger partial charge in [0.05, 0.1) is 6.07 Å². The van der Waals surface area contributed by atoms with Gasteiger partial charge in [-0.1, -0.05) is 20.8 Å². The van der Waals surface area contributed by atoms with Gasteiger partial charge in [0.1, 0.15) is 5.92 Å². The second-order valence-corrected chi connectivity index (χ2v) is 4.83. The van der Waals surface area contributed by atoms with Crippen molar-refractivity contribution < 1.29 is 4.79 Å². The lowest BCUT2D eigenvalue weighted by Gasteiger charge is -2.42. The lowest BCUT2D eigenvalue weighted by molar-refractivity contribution is -0.127. The predicted molar refractivity (Wildman–Crippen MR) is 59.0 cm³/mol. The number of nitrogens with one attached hydrogen (secondary N) is 1. The van der Waals surface area contributed by atoms with Gasteiger partial charge in [-0.2, -0.15) is 5.26 Å². The molecule has 1 N–H and O–H groups in total. The Balaban J connectivity index is 2.58. The first-order valence-electron chi connectivity index (χ1n) is 5.76. The summed E-state index contributed by atoms with van der Waals surface area (Å²) in [7, 11) is 0. The molecule has 0 spiro atoms. The van der Waals surface area contributed by atoms with Crippen LogP contribution in [0.25, 0.3) is 0 Å². The number of hydrogen-bond donors (Lipinski definition) is 1. The fourth-order valence-corrected chi connectivity index (χ4v) is 2.02. The molecule has 1 atom stereocenters. The average molecular weight is 208 g/mol. The molecule has 1 unspecified atom stereocenters. The van der Waals surface area contributed by atoms with Gasteiger partial charge in [0.2, 0.25) is 5.91 Å². The summed E-state index contributed by atoms with van der Waals surface area (Å²) in [4.78, 5) is 11.8. The third-order valence-electron chi connectivity index (χ3n) is 3.46. The van der Waals surface area contributed by atoms with Crippen LogP contribution in [0.2, 0.25) is 0 Å². The summed E-state index contributed by atoms with van der Waals surface area (Å²) in [5.41, 5.74) is 0.00106. The van der Waals surface area contributed by atoms with E-state index in [-0.39, 0.29) is 17.4 Å². The van der Waals surface area contributed by atoms with Crippen molar-refractivity contribution in [3.05, 3.63) is 0 Å². The first-order chi connectivity index (χ1) is 7.04. The number of nitrogens with zero attached hydrogens (tertiary/aromatic N) is 1.